The predicted octanol–water partition coefficient (Wildman–Crippen LogP) is -2.61. The van der Waals surface area contributed by atoms with E-state index in [0.29, 0.717) is 11.3 Å². The van der Waals surface area contributed by atoms with E-state index in [0.717, 1.165) is 0 Å². The number of carbonyl (C=O) groups is 4. The van der Waals surface area contributed by atoms with Crippen LogP contribution in [0.5, 0.6) is 5.75 Å². The van der Waals surface area contributed by atoms with Gasteiger partial charge in [0.2, 0.25) is 17.7 Å². The molecule has 0 aliphatic rings. The first-order valence-electron chi connectivity index (χ1n) is 9.91. The lowest BCUT2D eigenvalue weighted by molar-refractivity contribution is -0.143. The maximum absolute atomic E-state index is 12.6. The van der Waals surface area contributed by atoms with Crippen LogP contribution in [-0.4, -0.2) is 80.3 Å². The molecule has 0 saturated carbocycles. The Morgan fingerprint density at radius 3 is 2.30 bits per heavy atom. The van der Waals surface area contributed by atoms with E-state index in [1.54, 1.807) is 0 Å². The van der Waals surface area contributed by atoms with Crippen molar-refractivity contribution in [3.8, 4) is 5.75 Å². The minimum atomic E-state index is -1.56. The van der Waals surface area contributed by atoms with Crippen LogP contribution in [0.25, 0.3) is 0 Å². The van der Waals surface area contributed by atoms with Crippen molar-refractivity contribution in [1.29, 1.82) is 0 Å². The van der Waals surface area contributed by atoms with Gasteiger partial charge in [-0.25, -0.2) is 9.78 Å². The number of aliphatic carboxylic acids is 1. The zero-order valence-corrected chi connectivity index (χ0v) is 17.5. The number of hydrogen-bond donors (Lipinski definition) is 8. The van der Waals surface area contributed by atoms with E-state index in [4.69, 9.17) is 15.9 Å². The van der Waals surface area contributed by atoms with Crippen LogP contribution in [0, 0.1) is 0 Å². The summed E-state index contributed by atoms with van der Waals surface area (Å²) in [4.78, 5) is 54.8. The molecular weight excluding hydrogens is 436 g/mol. The van der Waals surface area contributed by atoms with Crippen LogP contribution in [0.1, 0.15) is 11.3 Å². The van der Waals surface area contributed by atoms with Crippen molar-refractivity contribution in [2.24, 2.45) is 5.73 Å². The van der Waals surface area contributed by atoms with Gasteiger partial charge in [0, 0.05) is 24.7 Å². The van der Waals surface area contributed by atoms with Crippen molar-refractivity contribution in [1.82, 2.24) is 25.9 Å². The number of aromatic amines is 1. The molecule has 13 nitrogen and oxygen atoms in total. The van der Waals surface area contributed by atoms with Gasteiger partial charge in [0.05, 0.1) is 25.5 Å². The van der Waals surface area contributed by atoms with Gasteiger partial charge >= 0.3 is 5.97 Å². The maximum Gasteiger partial charge on any atom is 0.328 e. The summed E-state index contributed by atoms with van der Waals surface area (Å²) in [6, 6.07) is 2.12. The number of nitrogens with zero attached hydrogens (tertiary/aromatic N) is 1. The number of nitrogens with one attached hydrogen (secondary N) is 4. The molecular formula is C20H26N6O7. The van der Waals surface area contributed by atoms with E-state index in [1.165, 1.54) is 36.8 Å². The molecule has 0 aliphatic carbocycles. The summed E-state index contributed by atoms with van der Waals surface area (Å²) >= 11 is 0. The molecule has 1 aromatic heterocycles. The number of rotatable bonds is 12. The van der Waals surface area contributed by atoms with Crippen LogP contribution in [0.3, 0.4) is 0 Å². The van der Waals surface area contributed by atoms with E-state index in [2.05, 4.69) is 25.9 Å². The van der Waals surface area contributed by atoms with Crippen molar-refractivity contribution >= 4 is 23.7 Å². The second-order valence-corrected chi connectivity index (χ2v) is 7.18. The third-order valence-corrected chi connectivity index (χ3v) is 4.58. The molecule has 1 aromatic carbocycles. The van der Waals surface area contributed by atoms with E-state index >= 15 is 0 Å². The van der Waals surface area contributed by atoms with E-state index in [9.17, 15) is 24.3 Å². The van der Waals surface area contributed by atoms with Crippen molar-refractivity contribution in [2.45, 2.75) is 31.0 Å². The number of carboxylic acids is 1. The fourth-order valence-corrected chi connectivity index (χ4v) is 2.80. The van der Waals surface area contributed by atoms with Gasteiger partial charge in [-0.15, -0.1) is 0 Å². The van der Waals surface area contributed by atoms with Crippen LogP contribution in [-0.2, 0) is 32.0 Å². The highest BCUT2D eigenvalue weighted by Gasteiger charge is 2.27. The molecule has 0 saturated heterocycles. The molecule has 0 bridgehead atoms. The van der Waals surface area contributed by atoms with Crippen LogP contribution >= 0.6 is 0 Å². The van der Waals surface area contributed by atoms with Crippen LogP contribution in [0.4, 0.5) is 0 Å². The van der Waals surface area contributed by atoms with Gasteiger partial charge in [-0.2, -0.15) is 0 Å². The standard InChI is InChI=1S/C20H26N6O7/c21-14(6-12-7-22-10-24-12)18(30)23-8-17(29)25-15(5-11-1-3-13(28)4-2-11)19(31)26-16(9-27)20(32)33/h1-4,7,10,14-16,27-28H,5-6,8-9,21H2,(H,22,24)(H,23,30)(H,25,29)(H,26,31)(H,32,33). The molecule has 0 spiro atoms. The lowest BCUT2D eigenvalue weighted by Gasteiger charge is -2.21. The molecule has 0 fully saturated rings. The molecule has 2 rings (SSSR count). The number of carbonyl (C=O) groups excluding carboxylic acids is 3. The topological polar surface area (TPSA) is 220 Å². The maximum atomic E-state index is 12.6. The first-order valence-corrected chi connectivity index (χ1v) is 9.91. The molecule has 3 atom stereocenters. The Balaban J connectivity index is 1.98. The third kappa shape index (κ3) is 8.23. The van der Waals surface area contributed by atoms with Crippen LogP contribution in [0.2, 0.25) is 0 Å². The van der Waals surface area contributed by atoms with Crippen molar-refractivity contribution in [3.05, 3.63) is 48.0 Å². The van der Waals surface area contributed by atoms with Gasteiger partial charge in [-0.05, 0) is 17.7 Å². The van der Waals surface area contributed by atoms with Crippen LogP contribution < -0.4 is 21.7 Å². The van der Waals surface area contributed by atoms with Crippen LogP contribution in [0.15, 0.2) is 36.8 Å². The SMILES string of the molecule is NC(Cc1cnc[nH]1)C(=O)NCC(=O)NC(Cc1ccc(O)cc1)C(=O)NC(CO)C(=O)O. The van der Waals surface area contributed by atoms with Crippen molar-refractivity contribution in [2.75, 3.05) is 13.2 Å². The third-order valence-electron chi connectivity index (χ3n) is 4.58. The monoisotopic (exact) mass is 462 g/mol. The minimum absolute atomic E-state index is 0.00388. The number of aliphatic hydroxyl groups excluding tert-OH is 1. The summed E-state index contributed by atoms with van der Waals surface area (Å²) in [5.41, 5.74) is 7.01. The predicted molar refractivity (Wildman–Crippen MR) is 114 cm³/mol. The summed E-state index contributed by atoms with van der Waals surface area (Å²) < 4.78 is 0. The van der Waals surface area contributed by atoms with Gasteiger partial charge < -0.3 is 42.0 Å². The van der Waals surface area contributed by atoms with E-state index in [1.807, 2.05) is 0 Å². The van der Waals surface area contributed by atoms with Gasteiger partial charge in [-0.1, -0.05) is 12.1 Å². The molecule has 0 radical (unpaired) electrons. The fraction of sp³-hybridized carbons (Fsp3) is 0.350. The summed E-state index contributed by atoms with van der Waals surface area (Å²) in [6.45, 7) is -1.32. The molecule has 3 unspecified atom stereocenters. The highest BCUT2D eigenvalue weighted by molar-refractivity contribution is 5.92. The molecule has 3 amide bonds. The molecule has 2 aromatic rings. The first-order chi connectivity index (χ1) is 15.7. The number of phenols is 1. The number of aromatic hydroxyl groups is 1. The summed E-state index contributed by atoms with van der Waals surface area (Å²) in [5, 5.41) is 34.5. The lowest BCUT2D eigenvalue weighted by atomic mass is 10.0. The Kier molecular flexibility index (Phi) is 9.32. The smallest absolute Gasteiger partial charge is 0.328 e. The zero-order valence-electron chi connectivity index (χ0n) is 17.5. The first kappa shape index (κ1) is 25.3. The summed E-state index contributed by atoms with van der Waals surface area (Å²) in [6.07, 6.45) is 3.10. The Hall–Kier alpha value is -3.97. The molecule has 9 N–H and O–H groups in total. The number of hydrogen-bond acceptors (Lipinski definition) is 8. The highest BCUT2D eigenvalue weighted by atomic mass is 16.4. The van der Waals surface area contributed by atoms with Gasteiger partial charge in [0.15, 0.2) is 0 Å². The Morgan fingerprint density at radius 2 is 1.73 bits per heavy atom. The Labute approximate surface area is 188 Å². The number of phenolic OH excluding ortho intramolecular Hbond substituents is 1. The second-order valence-electron chi connectivity index (χ2n) is 7.18. The largest absolute Gasteiger partial charge is 0.508 e. The normalized spacial score (nSPS) is 13.4. The Morgan fingerprint density at radius 1 is 1.03 bits per heavy atom. The zero-order chi connectivity index (χ0) is 24.4. The molecule has 178 valence electrons. The molecule has 0 aliphatic heterocycles. The quantitative estimate of drug-likeness (QED) is 0.165. The Bertz CT molecular complexity index is 948. The summed E-state index contributed by atoms with van der Waals surface area (Å²) in [7, 11) is 0. The molecule has 33 heavy (non-hydrogen) atoms. The number of H-pyrrole nitrogens is 1. The number of aromatic nitrogens is 2. The number of nitrogens with two attached hydrogens (primary N) is 1. The van der Waals surface area contributed by atoms with E-state index < -0.39 is 55.0 Å². The number of amides is 3. The van der Waals surface area contributed by atoms with Gasteiger partial charge in [-0.3, -0.25) is 14.4 Å². The van der Waals surface area contributed by atoms with E-state index in [-0.39, 0.29) is 18.6 Å². The number of carboxylic acid groups (broad SMARTS) is 1. The number of aliphatic hydroxyl groups is 1. The van der Waals surface area contributed by atoms with Gasteiger partial charge in [0.25, 0.3) is 0 Å². The summed E-state index contributed by atoms with van der Waals surface area (Å²) in [5.74, 6) is -3.60. The average molecular weight is 462 g/mol. The molecule has 1 heterocycles. The highest BCUT2D eigenvalue weighted by Crippen LogP contribution is 2.11. The minimum Gasteiger partial charge on any atom is -0.508 e. The van der Waals surface area contributed by atoms with Gasteiger partial charge in [0.1, 0.15) is 17.8 Å². The van der Waals surface area contributed by atoms with Crippen molar-refractivity contribution < 1.29 is 34.5 Å². The fourth-order valence-electron chi connectivity index (χ4n) is 2.80. The molecule has 13 heteroatoms. The number of benzene rings is 1. The second kappa shape index (κ2) is 12.2. The lowest BCUT2D eigenvalue weighted by Crippen LogP contribution is -2.55. The van der Waals surface area contributed by atoms with Crippen molar-refractivity contribution in [3.63, 3.8) is 0 Å². The average Bonchev–Trinajstić information content (AvgIpc) is 3.29. The number of imidazole rings is 1.